The van der Waals surface area contributed by atoms with Gasteiger partial charge in [0.25, 0.3) is 0 Å². The lowest BCUT2D eigenvalue weighted by Gasteiger charge is -1.98. The SMILES string of the molecule is O=Cc1nccn1CC1CO1. The third kappa shape index (κ3) is 1.30. The number of ether oxygens (including phenoxy) is 1. The largest absolute Gasteiger partial charge is 0.371 e. The second-order valence-corrected chi connectivity index (χ2v) is 2.51. The normalized spacial score (nSPS) is 21.6. The van der Waals surface area contributed by atoms with Gasteiger partial charge in [0.05, 0.1) is 19.3 Å². The monoisotopic (exact) mass is 152 g/mol. The Morgan fingerprint density at radius 1 is 1.91 bits per heavy atom. The lowest BCUT2D eigenvalue weighted by Crippen LogP contribution is -2.06. The molecule has 11 heavy (non-hydrogen) atoms. The molecule has 1 aliphatic heterocycles. The van der Waals surface area contributed by atoms with Crippen molar-refractivity contribution in [2.75, 3.05) is 6.61 Å². The Morgan fingerprint density at radius 2 is 2.73 bits per heavy atom. The van der Waals surface area contributed by atoms with Gasteiger partial charge in [-0.25, -0.2) is 4.98 Å². The van der Waals surface area contributed by atoms with Crippen LogP contribution in [0.1, 0.15) is 10.6 Å². The zero-order valence-electron chi connectivity index (χ0n) is 5.93. The summed E-state index contributed by atoms with van der Waals surface area (Å²) in [5.74, 6) is 0.473. The van der Waals surface area contributed by atoms with Crippen LogP contribution in [-0.2, 0) is 11.3 Å². The third-order valence-corrected chi connectivity index (χ3v) is 1.66. The molecule has 0 N–H and O–H groups in total. The lowest BCUT2D eigenvalue weighted by molar-refractivity contribution is 0.111. The van der Waals surface area contributed by atoms with Crippen LogP contribution in [0.25, 0.3) is 0 Å². The zero-order chi connectivity index (χ0) is 7.68. The van der Waals surface area contributed by atoms with Crippen molar-refractivity contribution >= 4 is 6.29 Å². The number of carbonyl (C=O) groups excluding carboxylic acids is 1. The van der Waals surface area contributed by atoms with Crippen LogP contribution in [0.3, 0.4) is 0 Å². The molecule has 4 nitrogen and oxygen atoms in total. The van der Waals surface area contributed by atoms with E-state index in [9.17, 15) is 4.79 Å². The molecule has 1 saturated heterocycles. The van der Waals surface area contributed by atoms with Gasteiger partial charge >= 0.3 is 0 Å². The zero-order valence-corrected chi connectivity index (χ0v) is 5.93. The second kappa shape index (κ2) is 2.47. The minimum absolute atomic E-state index is 0.294. The standard InChI is InChI=1S/C7H8N2O2/c10-4-7-8-1-2-9(7)3-6-5-11-6/h1-2,4,6H,3,5H2. The molecule has 0 radical (unpaired) electrons. The van der Waals surface area contributed by atoms with E-state index in [0.717, 1.165) is 19.4 Å². The van der Waals surface area contributed by atoms with E-state index >= 15 is 0 Å². The predicted molar refractivity (Wildman–Crippen MR) is 37.4 cm³/mol. The van der Waals surface area contributed by atoms with Crippen molar-refractivity contribution < 1.29 is 9.53 Å². The first kappa shape index (κ1) is 6.54. The summed E-state index contributed by atoms with van der Waals surface area (Å²) in [6, 6.07) is 0. The van der Waals surface area contributed by atoms with Crippen molar-refractivity contribution in [2.45, 2.75) is 12.6 Å². The van der Waals surface area contributed by atoms with Gasteiger partial charge in [0, 0.05) is 12.4 Å². The maximum atomic E-state index is 10.4. The molecule has 0 spiro atoms. The van der Waals surface area contributed by atoms with Crippen molar-refractivity contribution in [3.63, 3.8) is 0 Å². The second-order valence-electron chi connectivity index (χ2n) is 2.51. The van der Waals surface area contributed by atoms with Crippen LogP contribution in [-0.4, -0.2) is 28.5 Å². The van der Waals surface area contributed by atoms with Crippen molar-refractivity contribution in [3.05, 3.63) is 18.2 Å². The molecule has 0 saturated carbocycles. The molecule has 1 fully saturated rings. The van der Waals surface area contributed by atoms with Gasteiger partial charge in [0.2, 0.25) is 0 Å². The Labute approximate surface area is 63.8 Å². The molecule has 2 heterocycles. The van der Waals surface area contributed by atoms with Gasteiger partial charge in [-0.15, -0.1) is 0 Å². The molecule has 0 aliphatic carbocycles. The molecular formula is C7H8N2O2. The average molecular weight is 152 g/mol. The lowest BCUT2D eigenvalue weighted by atomic mass is 10.4. The Morgan fingerprint density at radius 3 is 3.36 bits per heavy atom. The Bertz CT molecular complexity index is 265. The van der Waals surface area contributed by atoms with Crippen molar-refractivity contribution in [3.8, 4) is 0 Å². The van der Waals surface area contributed by atoms with Crippen LogP contribution < -0.4 is 0 Å². The Kier molecular flexibility index (Phi) is 1.47. The summed E-state index contributed by atoms with van der Waals surface area (Å²) in [5, 5.41) is 0. The number of carbonyl (C=O) groups is 1. The van der Waals surface area contributed by atoms with Gasteiger partial charge in [-0.2, -0.15) is 0 Å². The van der Waals surface area contributed by atoms with Crippen molar-refractivity contribution in [1.29, 1.82) is 0 Å². The van der Waals surface area contributed by atoms with Gasteiger partial charge in [-0.3, -0.25) is 4.79 Å². The van der Waals surface area contributed by atoms with Crippen molar-refractivity contribution in [1.82, 2.24) is 9.55 Å². The molecular weight excluding hydrogens is 144 g/mol. The summed E-state index contributed by atoms with van der Waals surface area (Å²) in [5.41, 5.74) is 0. The fourth-order valence-corrected chi connectivity index (χ4v) is 0.986. The molecule has 4 heteroatoms. The van der Waals surface area contributed by atoms with Gasteiger partial charge in [-0.1, -0.05) is 0 Å². The van der Waals surface area contributed by atoms with E-state index in [2.05, 4.69) is 4.98 Å². The van der Waals surface area contributed by atoms with Crippen LogP contribution in [0.5, 0.6) is 0 Å². The number of imidazole rings is 1. The topological polar surface area (TPSA) is 47.4 Å². The summed E-state index contributed by atoms with van der Waals surface area (Å²) < 4.78 is 6.81. The first-order valence-electron chi connectivity index (χ1n) is 3.48. The summed E-state index contributed by atoms with van der Waals surface area (Å²) in [4.78, 5) is 14.2. The molecule has 2 rings (SSSR count). The molecule has 1 atom stereocenters. The highest BCUT2D eigenvalue weighted by Crippen LogP contribution is 2.11. The smallest absolute Gasteiger partial charge is 0.185 e. The summed E-state index contributed by atoms with van der Waals surface area (Å²) >= 11 is 0. The van der Waals surface area contributed by atoms with Gasteiger partial charge in [-0.05, 0) is 0 Å². The van der Waals surface area contributed by atoms with Crippen LogP contribution >= 0.6 is 0 Å². The average Bonchev–Trinajstić information content (AvgIpc) is 2.68. The minimum Gasteiger partial charge on any atom is -0.371 e. The van der Waals surface area contributed by atoms with Gasteiger partial charge < -0.3 is 9.30 Å². The first-order valence-corrected chi connectivity index (χ1v) is 3.48. The fraction of sp³-hybridized carbons (Fsp3) is 0.429. The highest BCUT2D eigenvalue weighted by Gasteiger charge is 2.23. The van der Waals surface area contributed by atoms with E-state index < -0.39 is 0 Å². The third-order valence-electron chi connectivity index (χ3n) is 1.66. The van der Waals surface area contributed by atoms with E-state index in [1.807, 2.05) is 0 Å². The van der Waals surface area contributed by atoms with E-state index in [4.69, 9.17) is 4.74 Å². The highest BCUT2D eigenvalue weighted by molar-refractivity contribution is 5.69. The number of epoxide rings is 1. The number of aromatic nitrogens is 2. The predicted octanol–water partition coefficient (Wildman–Crippen LogP) is 0.0944. The first-order chi connectivity index (χ1) is 5.40. The van der Waals surface area contributed by atoms with E-state index in [0.29, 0.717) is 11.9 Å². The van der Waals surface area contributed by atoms with Crippen molar-refractivity contribution in [2.24, 2.45) is 0 Å². The number of rotatable bonds is 3. The number of hydrogen-bond acceptors (Lipinski definition) is 3. The maximum absolute atomic E-state index is 10.4. The van der Waals surface area contributed by atoms with Crippen LogP contribution in [0, 0.1) is 0 Å². The number of hydrogen-bond donors (Lipinski definition) is 0. The fourth-order valence-electron chi connectivity index (χ4n) is 0.986. The molecule has 1 aromatic heterocycles. The molecule has 0 bridgehead atoms. The number of nitrogens with zero attached hydrogens (tertiary/aromatic N) is 2. The van der Waals surface area contributed by atoms with Gasteiger partial charge in [0.1, 0.15) is 0 Å². The summed E-state index contributed by atoms with van der Waals surface area (Å²) in [6.07, 6.45) is 4.45. The molecule has 1 unspecified atom stereocenters. The van der Waals surface area contributed by atoms with E-state index in [1.54, 1.807) is 17.0 Å². The highest BCUT2D eigenvalue weighted by atomic mass is 16.6. The van der Waals surface area contributed by atoms with E-state index in [1.165, 1.54) is 0 Å². The molecule has 1 aromatic rings. The summed E-state index contributed by atoms with van der Waals surface area (Å²) in [7, 11) is 0. The van der Waals surface area contributed by atoms with E-state index in [-0.39, 0.29) is 0 Å². The van der Waals surface area contributed by atoms with Crippen LogP contribution in [0.2, 0.25) is 0 Å². The number of aldehydes is 1. The van der Waals surface area contributed by atoms with Crippen LogP contribution in [0.15, 0.2) is 12.4 Å². The summed E-state index contributed by atoms with van der Waals surface area (Å²) in [6.45, 7) is 1.55. The molecule has 1 aliphatic rings. The quantitative estimate of drug-likeness (QED) is 0.455. The Balaban J connectivity index is 2.13. The van der Waals surface area contributed by atoms with Crippen LogP contribution in [0.4, 0.5) is 0 Å². The Hall–Kier alpha value is -1.16. The minimum atomic E-state index is 0.294. The maximum Gasteiger partial charge on any atom is 0.185 e. The van der Waals surface area contributed by atoms with Gasteiger partial charge in [0.15, 0.2) is 12.1 Å². The molecule has 0 aromatic carbocycles. The molecule has 58 valence electrons. The molecule has 0 amide bonds.